The highest BCUT2D eigenvalue weighted by Gasteiger charge is 2.46. The lowest BCUT2D eigenvalue weighted by Crippen LogP contribution is -2.32. The van der Waals surface area contributed by atoms with E-state index in [1.165, 1.54) is 44.9 Å². The summed E-state index contributed by atoms with van der Waals surface area (Å²) in [6.07, 6.45) is 10.2. The zero-order chi connectivity index (χ0) is 16.1. The van der Waals surface area contributed by atoms with Crippen molar-refractivity contribution in [1.82, 2.24) is 0 Å². The fourth-order valence-corrected chi connectivity index (χ4v) is 5.73. The van der Waals surface area contributed by atoms with Crippen molar-refractivity contribution in [3.63, 3.8) is 0 Å². The van der Waals surface area contributed by atoms with Gasteiger partial charge in [-0.1, -0.05) is 18.6 Å². The van der Waals surface area contributed by atoms with Crippen molar-refractivity contribution in [2.75, 3.05) is 0 Å². The van der Waals surface area contributed by atoms with Gasteiger partial charge in [0.05, 0.1) is 0 Å². The van der Waals surface area contributed by atoms with Crippen LogP contribution in [0.5, 0.6) is 11.5 Å². The predicted octanol–water partition coefficient (Wildman–Crippen LogP) is 4.60. The number of ketones is 1. The van der Waals surface area contributed by atoms with Crippen LogP contribution in [0.2, 0.25) is 0 Å². The largest absolute Gasteiger partial charge is 0.451 e. The van der Waals surface area contributed by atoms with Crippen LogP contribution in [-0.2, 0) is 4.79 Å². The summed E-state index contributed by atoms with van der Waals surface area (Å²) < 4.78 is 11.8. The molecule has 0 radical (unpaired) electrons. The molecule has 1 heterocycles. The number of hydrogen-bond donors (Lipinski definition) is 0. The molecule has 4 saturated carbocycles. The minimum atomic E-state index is -0.00676. The number of carbonyl (C=O) groups is 1. The average Bonchev–Trinajstić information content (AvgIpc) is 3.38. The third kappa shape index (κ3) is 2.53. The summed E-state index contributed by atoms with van der Waals surface area (Å²) in [6.45, 7) is 0. The van der Waals surface area contributed by atoms with E-state index in [0.717, 1.165) is 35.7 Å². The fraction of sp³-hybridized carbons (Fsp3) is 0.667. The van der Waals surface area contributed by atoms with Gasteiger partial charge in [0, 0.05) is 18.3 Å². The van der Waals surface area contributed by atoms with Crippen molar-refractivity contribution >= 4 is 5.78 Å². The van der Waals surface area contributed by atoms with E-state index in [1.807, 2.05) is 24.3 Å². The Morgan fingerprint density at radius 2 is 1.58 bits per heavy atom. The first-order valence-electron chi connectivity index (χ1n) is 9.71. The van der Waals surface area contributed by atoms with Crippen LogP contribution in [-0.4, -0.2) is 12.1 Å². The molecule has 6 rings (SSSR count). The highest BCUT2D eigenvalue weighted by Crippen LogP contribution is 2.52. The molecule has 0 spiro atoms. The molecule has 1 aliphatic heterocycles. The molecule has 5 atom stereocenters. The summed E-state index contributed by atoms with van der Waals surface area (Å²) in [5.74, 6) is 6.13. The molecule has 3 nitrogen and oxygen atoms in total. The molecule has 4 fully saturated rings. The van der Waals surface area contributed by atoms with Gasteiger partial charge in [-0.15, -0.1) is 0 Å². The Kier molecular flexibility index (Phi) is 3.57. The molecule has 0 amide bonds. The van der Waals surface area contributed by atoms with Gasteiger partial charge >= 0.3 is 0 Å². The maximum absolute atomic E-state index is 10.8. The minimum Gasteiger partial charge on any atom is -0.451 e. The maximum atomic E-state index is 10.8. The summed E-state index contributed by atoms with van der Waals surface area (Å²) in [5, 5.41) is 0. The highest BCUT2D eigenvalue weighted by atomic mass is 16.7. The smallest absolute Gasteiger partial charge is 0.244 e. The quantitative estimate of drug-likeness (QED) is 0.757. The van der Waals surface area contributed by atoms with Crippen LogP contribution in [0.1, 0.15) is 51.4 Å². The molecule has 0 saturated heterocycles. The Morgan fingerprint density at radius 1 is 0.833 bits per heavy atom. The molecule has 4 bridgehead atoms. The van der Waals surface area contributed by atoms with Gasteiger partial charge in [-0.2, -0.15) is 0 Å². The van der Waals surface area contributed by atoms with Crippen LogP contribution in [0.4, 0.5) is 0 Å². The van der Waals surface area contributed by atoms with Crippen molar-refractivity contribution < 1.29 is 14.3 Å². The molecule has 5 unspecified atom stereocenters. The molecule has 1 aromatic rings. The molecule has 5 aliphatic rings. The van der Waals surface area contributed by atoms with Crippen molar-refractivity contribution in [2.45, 2.75) is 57.7 Å². The number of rotatable bonds is 1. The Labute approximate surface area is 143 Å². The monoisotopic (exact) mass is 326 g/mol. The van der Waals surface area contributed by atoms with E-state index >= 15 is 0 Å². The van der Waals surface area contributed by atoms with Crippen LogP contribution < -0.4 is 9.47 Å². The second-order valence-electron chi connectivity index (χ2n) is 8.44. The average molecular weight is 326 g/mol. The molecular weight excluding hydrogens is 300 g/mol. The fourth-order valence-electron chi connectivity index (χ4n) is 5.73. The molecule has 0 aromatic heterocycles. The summed E-state index contributed by atoms with van der Waals surface area (Å²) in [5.41, 5.74) is 0. The summed E-state index contributed by atoms with van der Waals surface area (Å²) in [6, 6.07) is 8.02. The molecule has 1 aromatic carbocycles. The normalized spacial score (nSPS) is 38.5. The lowest BCUT2D eigenvalue weighted by atomic mass is 9.88. The van der Waals surface area contributed by atoms with E-state index in [9.17, 15) is 4.79 Å². The number of Topliss-reactive ketones (excluding diaryl/α,β-unsaturated/α-hetero) is 1. The summed E-state index contributed by atoms with van der Waals surface area (Å²) in [7, 11) is 0. The number of benzene rings is 1. The topological polar surface area (TPSA) is 35.5 Å². The highest BCUT2D eigenvalue weighted by molar-refractivity contribution is 5.84. The van der Waals surface area contributed by atoms with E-state index in [4.69, 9.17) is 9.47 Å². The van der Waals surface area contributed by atoms with Crippen molar-refractivity contribution in [3.8, 4) is 11.5 Å². The molecule has 3 heteroatoms. The first kappa shape index (κ1) is 14.8. The Hall–Kier alpha value is -1.51. The van der Waals surface area contributed by atoms with Gasteiger partial charge in [0.1, 0.15) is 5.78 Å². The van der Waals surface area contributed by atoms with Gasteiger partial charge in [0.25, 0.3) is 0 Å². The van der Waals surface area contributed by atoms with Crippen LogP contribution in [0.3, 0.4) is 0 Å². The van der Waals surface area contributed by atoms with Crippen LogP contribution in [0.25, 0.3) is 0 Å². The zero-order valence-electron chi connectivity index (χ0n) is 14.2. The van der Waals surface area contributed by atoms with E-state index in [1.54, 1.807) is 0 Å². The predicted molar refractivity (Wildman–Crippen MR) is 90.9 cm³/mol. The van der Waals surface area contributed by atoms with Gasteiger partial charge < -0.3 is 9.47 Å². The second kappa shape index (κ2) is 5.79. The van der Waals surface area contributed by atoms with Gasteiger partial charge in [-0.25, -0.2) is 0 Å². The second-order valence-corrected chi connectivity index (χ2v) is 8.44. The Balaban J connectivity index is 0.000000137. The lowest BCUT2D eigenvalue weighted by Gasteiger charge is -2.25. The Bertz CT molecular complexity index is 615. The van der Waals surface area contributed by atoms with E-state index < -0.39 is 0 Å². The number of ether oxygens (including phenoxy) is 2. The van der Waals surface area contributed by atoms with Gasteiger partial charge in [0.15, 0.2) is 11.5 Å². The SMILES string of the molecule is O=C1CC2CCC1C2.c1ccc2c(c1)OC(C1CC3CCC1C3)O2. The molecule has 4 aliphatic carbocycles. The number of para-hydroxylation sites is 2. The van der Waals surface area contributed by atoms with Gasteiger partial charge in [-0.05, 0) is 68.4 Å². The maximum Gasteiger partial charge on any atom is 0.244 e. The lowest BCUT2D eigenvalue weighted by molar-refractivity contribution is -0.121. The number of fused-ring (bicyclic) bond motifs is 5. The van der Waals surface area contributed by atoms with E-state index in [-0.39, 0.29) is 6.29 Å². The minimum absolute atomic E-state index is 0.00676. The van der Waals surface area contributed by atoms with Crippen molar-refractivity contribution in [1.29, 1.82) is 0 Å². The third-order valence-corrected chi connectivity index (χ3v) is 6.96. The van der Waals surface area contributed by atoms with Crippen LogP contribution >= 0.6 is 0 Å². The van der Waals surface area contributed by atoms with Crippen LogP contribution in [0, 0.1) is 29.6 Å². The number of hydrogen-bond acceptors (Lipinski definition) is 3. The van der Waals surface area contributed by atoms with E-state index in [0.29, 0.717) is 17.6 Å². The van der Waals surface area contributed by atoms with E-state index in [2.05, 4.69) is 0 Å². The molecule has 0 N–H and O–H groups in total. The summed E-state index contributed by atoms with van der Waals surface area (Å²) >= 11 is 0. The molecular formula is C21H26O3. The third-order valence-electron chi connectivity index (χ3n) is 6.96. The van der Waals surface area contributed by atoms with Gasteiger partial charge in [0.2, 0.25) is 6.29 Å². The van der Waals surface area contributed by atoms with Crippen LogP contribution in [0.15, 0.2) is 24.3 Å². The van der Waals surface area contributed by atoms with Crippen molar-refractivity contribution in [3.05, 3.63) is 24.3 Å². The number of carbonyl (C=O) groups excluding carboxylic acids is 1. The standard InChI is InChI=1S/C14H16O2.C7H10O/c1-2-4-13-12(3-1)15-14(16-13)11-8-9-5-6-10(11)7-9;8-7-4-5-1-2-6(7)3-5/h1-4,9-11,14H,5-8H2;5-6H,1-4H2. The molecule has 24 heavy (non-hydrogen) atoms. The summed E-state index contributed by atoms with van der Waals surface area (Å²) in [4.78, 5) is 10.8. The first-order chi connectivity index (χ1) is 11.8. The first-order valence-corrected chi connectivity index (χ1v) is 9.71. The molecule has 128 valence electrons. The van der Waals surface area contributed by atoms with Crippen molar-refractivity contribution in [2.24, 2.45) is 29.6 Å². The van der Waals surface area contributed by atoms with Gasteiger partial charge in [-0.3, -0.25) is 4.79 Å². The Morgan fingerprint density at radius 3 is 2.04 bits per heavy atom. The zero-order valence-corrected chi connectivity index (χ0v) is 14.2.